The predicted octanol–water partition coefficient (Wildman–Crippen LogP) is 2.69. The van der Waals surface area contributed by atoms with Crippen molar-refractivity contribution in [3.8, 4) is 0 Å². The van der Waals surface area contributed by atoms with Gasteiger partial charge >= 0.3 is 0 Å². The van der Waals surface area contributed by atoms with Crippen LogP contribution >= 0.6 is 47.8 Å². The molecule has 0 aliphatic heterocycles. The third kappa shape index (κ3) is 6.79. The lowest BCUT2D eigenvalue weighted by molar-refractivity contribution is -0.124. The predicted molar refractivity (Wildman–Crippen MR) is 112 cm³/mol. The van der Waals surface area contributed by atoms with Gasteiger partial charge < -0.3 is 15.4 Å². The third-order valence-electron chi connectivity index (χ3n) is 3.12. The number of anilines is 2. The van der Waals surface area contributed by atoms with Gasteiger partial charge in [-0.2, -0.15) is 12.6 Å². The van der Waals surface area contributed by atoms with Crippen molar-refractivity contribution in [2.45, 2.75) is 11.8 Å². The van der Waals surface area contributed by atoms with Crippen LogP contribution in [0, 0.1) is 5.92 Å². The SMILES string of the molecule is O=CC(CC(=O)NNC(=S)Nc1ccc(Cl)cc1)C(S)Nc1nccs1. The molecule has 0 fully saturated rings. The molecule has 1 aromatic heterocycles. The zero-order valence-corrected chi connectivity index (χ0v) is 16.6. The molecule has 1 heterocycles. The van der Waals surface area contributed by atoms with E-state index in [2.05, 4.69) is 39.1 Å². The first-order chi connectivity index (χ1) is 12.5. The smallest absolute Gasteiger partial charge is 0.239 e. The zero-order valence-electron chi connectivity index (χ0n) is 13.3. The molecular weight excluding hydrogens is 414 g/mol. The minimum absolute atomic E-state index is 0.0629. The van der Waals surface area contributed by atoms with Crippen LogP contribution in [0.15, 0.2) is 35.8 Å². The number of nitrogens with one attached hydrogen (secondary N) is 4. The standard InChI is InChI=1S/C15H16ClN5O2S3/c16-10-1-3-11(4-2-10)18-14(25)21-20-12(23)7-9(8-22)13(24)19-15-17-5-6-26-15/h1-6,8-9,13,24H,7H2,(H,17,19)(H,20,23)(H2,18,21,25). The molecule has 2 aromatic rings. The number of amides is 1. The van der Waals surface area contributed by atoms with Crippen LogP contribution in [0.25, 0.3) is 0 Å². The molecular formula is C15H16ClN5O2S3. The van der Waals surface area contributed by atoms with Crippen LogP contribution < -0.4 is 21.5 Å². The second-order valence-electron chi connectivity index (χ2n) is 5.06. The number of aromatic nitrogens is 1. The van der Waals surface area contributed by atoms with Crippen LogP contribution in [0.4, 0.5) is 10.8 Å². The molecule has 4 N–H and O–H groups in total. The fourth-order valence-electron chi connectivity index (χ4n) is 1.85. The van der Waals surface area contributed by atoms with Crippen LogP contribution in [0.5, 0.6) is 0 Å². The number of nitrogens with zero attached hydrogens (tertiary/aromatic N) is 1. The molecule has 11 heteroatoms. The van der Waals surface area contributed by atoms with E-state index in [0.29, 0.717) is 16.4 Å². The second-order valence-corrected chi connectivity index (χ2v) is 7.36. The summed E-state index contributed by atoms with van der Waals surface area (Å²) in [4.78, 5) is 27.3. The fourth-order valence-corrected chi connectivity index (χ4v) is 3.10. The van der Waals surface area contributed by atoms with E-state index in [-0.39, 0.29) is 11.5 Å². The lowest BCUT2D eigenvalue weighted by atomic mass is 10.1. The van der Waals surface area contributed by atoms with Crippen LogP contribution in [-0.4, -0.2) is 27.7 Å². The Morgan fingerprint density at radius 3 is 2.69 bits per heavy atom. The van der Waals surface area contributed by atoms with E-state index < -0.39 is 17.2 Å². The first-order valence-electron chi connectivity index (χ1n) is 7.38. The summed E-state index contributed by atoms with van der Waals surface area (Å²) in [5, 5.41) is 8.55. The molecule has 0 radical (unpaired) electrons. The van der Waals surface area contributed by atoms with Crippen molar-refractivity contribution >= 4 is 75.9 Å². The van der Waals surface area contributed by atoms with Gasteiger partial charge in [0.05, 0.1) is 11.3 Å². The van der Waals surface area contributed by atoms with Crippen molar-refractivity contribution in [2.24, 2.45) is 5.92 Å². The summed E-state index contributed by atoms with van der Waals surface area (Å²) in [6, 6.07) is 6.91. The van der Waals surface area contributed by atoms with Crippen LogP contribution in [0.3, 0.4) is 0 Å². The summed E-state index contributed by atoms with van der Waals surface area (Å²) in [6.07, 6.45) is 2.25. The number of aldehydes is 1. The number of carbonyl (C=O) groups is 2. The maximum absolute atomic E-state index is 12.0. The van der Waals surface area contributed by atoms with E-state index in [1.807, 2.05) is 0 Å². The normalized spacial score (nSPS) is 12.5. The Hall–Kier alpha value is -1.88. The summed E-state index contributed by atoms with van der Waals surface area (Å²) in [7, 11) is 0. The number of benzene rings is 1. The molecule has 0 aliphatic carbocycles. The van der Waals surface area contributed by atoms with Gasteiger partial charge in [0, 0.05) is 28.7 Å². The average molecular weight is 430 g/mol. The first kappa shape index (κ1) is 20.4. The molecule has 0 bridgehead atoms. The van der Waals surface area contributed by atoms with E-state index in [1.54, 1.807) is 35.8 Å². The van der Waals surface area contributed by atoms with Gasteiger partial charge in [0.25, 0.3) is 0 Å². The minimum atomic E-state index is -0.637. The molecule has 0 saturated carbocycles. The number of hydrazine groups is 1. The van der Waals surface area contributed by atoms with Crippen LogP contribution in [0.1, 0.15) is 6.42 Å². The van der Waals surface area contributed by atoms with Crippen LogP contribution in [0.2, 0.25) is 5.02 Å². The first-order valence-corrected chi connectivity index (χ1v) is 9.57. The molecule has 1 aromatic carbocycles. The lowest BCUT2D eigenvalue weighted by Gasteiger charge is -2.19. The molecule has 0 saturated heterocycles. The molecule has 2 rings (SSSR count). The van der Waals surface area contributed by atoms with Crippen molar-refractivity contribution in [3.63, 3.8) is 0 Å². The molecule has 0 spiro atoms. The van der Waals surface area contributed by atoms with Gasteiger partial charge in [-0.15, -0.1) is 11.3 Å². The molecule has 2 atom stereocenters. The van der Waals surface area contributed by atoms with E-state index in [0.717, 1.165) is 5.69 Å². The number of rotatable bonds is 7. The Morgan fingerprint density at radius 1 is 1.35 bits per heavy atom. The Morgan fingerprint density at radius 2 is 2.08 bits per heavy atom. The highest BCUT2D eigenvalue weighted by molar-refractivity contribution is 7.81. The van der Waals surface area contributed by atoms with Gasteiger partial charge in [0.2, 0.25) is 5.91 Å². The number of carbonyl (C=O) groups excluding carboxylic acids is 2. The van der Waals surface area contributed by atoms with E-state index in [1.165, 1.54) is 11.3 Å². The monoisotopic (exact) mass is 429 g/mol. The van der Waals surface area contributed by atoms with Gasteiger partial charge in [0.1, 0.15) is 6.29 Å². The van der Waals surface area contributed by atoms with E-state index >= 15 is 0 Å². The number of thiocarbonyl (C=S) groups is 1. The van der Waals surface area contributed by atoms with Gasteiger partial charge in [-0.3, -0.25) is 15.6 Å². The van der Waals surface area contributed by atoms with Crippen molar-refractivity contribution in [3.05, 3.63) is 40.9 Å². The Kier molecular flexibility index (Phi) is 8.10. The maximum Gasteiger partial charge on any atom is 0.239 e. The van der Waals surface area contributed by atoms with Gasteiger partial charge in [-0.1, -0.05) is 11.6 Å². The minimum Gasteiger partial charge on any atom is -0.349 e. The summed E-state index contributed by atoms with van der Waals surface area (Å²) in [6.45, 7) is 0. The zero-order chi connectivity index (χ0) is 18.9. The van der Waals surface area contributed by atoms with Crippen molar-refractivity contribution < 1.29 is 9.59 Å². The quantitative estimate of drug-likeness (QED) is 0.152. The van der Waals surface area contributed by atoms with Crippen LogP contribution in [-0.2, 0) is 9.59 Å². The Bertz CT molecular complexity index is 742. The number of hydrogen-bond acceptors (Lipinski definition) is 7. The molecule has 0 aliphatic rings. The Labute approximate surface area is 170 Å². The number of thiazole rings is 1. The summed E-state index contributed by atoms with van der Waals surface area (Å²) < 4.78 is 0. The fraction of sp³-hybridized carbons (Fsp3) is 0.200. The Balaban J connectivity index is 1.76. The number of halogens is 1. The van der Waals surface area contributed by atoms with Crippen molar-refractivity contribution in [1.29, 1.82) is 0 Å². The molecule has 26 heavy (non-hydrogen) atoms. The summed E-state index contributed by atoms with van der Waals surface area (Å²) in [5.41, 5.74) is 5.73. The molecule has 138 valence electrons. The molecule has 2 unspecified atom stereocenters. The maximum atomic E-state index is 12.0. The highest BCUT2D eigenvalue weighted by Crippen LogP contribution is 2.18. The highest BCUT2D eigenvalue weighted by Gasteiger charge is 2.21. The largest absolute Gasteiger partial charge is 0.349 e. The third-order valence-corrected chi connectivity index (χ3v) is 4.80. The van der Waals surface area contributed by atoms with Crippen molar-refractivity contribution in [2.75, 3.05) is 10.6 Å². The number of hydrogen-bond donors (Lipinski definition) is 5. The highest BCUT2D eigenvalue weighted by atomic mass is 35.5. The van der Waals surface area contributed by atoms with E-state index in [9.17, 15) is 9.59 Å². The van der Waals surface area contributed by atoms with Gasteiger partial charge in [-0.25, -0.2) is 4.98 Å². The van der Waals surface area contributed by atoms with Crippen molar-refractivity contribution in [1.82, 2.24) is 15.8 Å². The van der Waals surface area contributed by atoms with Gasteiger partial charge in [-0.05, 0) is 36.5 Å². The summed E-state index contributed by atoms with van der Waals surface area (Å²) in [5.74, 6) is -1.04. The number of thiol groups is 1. The van der Waals surface area contributed by atoms with E-state index in [4.69, 9.17) is 23.8 Å². The van der Waals surface area contributed by atoms with Gasteiger partial charge in [0.15, 0.2) is 10.2 Å². The molecule has 7 nitrogen and oxygen atoms in total. The second kappa shape index (κ2) is 10.3. The molecule has 1 amide bonds. The summed E-state index contributed by atoms with van der Waals surface area (Å²) >= 11 is 16.6. The lowest BCUT2D eigenvalue weighted by Crippen LogP contribution is -2.45. The average Bonchev–Trinajstić information content (AvgIpc) is 3.12. The topological polar surface area (TPSA) is 95.2 Å².